The van der Waals surface area contributed by atoms with Gasteiger partial charge in [-0.2, -0.15) is 0 Å². The maximum Gasteiger partial charge on any atom is 0.0110 e. The summed E-state index contributed by atoms with van der Waals surface area (Å²) in [7, 11) is 4.33. The second-order valence-electron chi connectivity index (χ2n) is 5.90. The fraction of sp³-hybridized carbons (Fsp3) is 1.00. The van der Waals surface area contributed by atoms with Crippen molar-refractivity contribution < 1.29 is 0 Å². The smallest absolute Gasteiger partial charge is 0.0110 e. The molecule has 0 aliphatic heterocycles. The van der Waals surface area contributed by atoms with Crippen LogP contribution in [-0.2, 0) is 0 Å². The molecule has 0 aromatic carbocycles. The predicted molar refractivity (Wildman–Crippen MR) is 80.1 cm³/mol. The van der Waals surface area contributed by atoms with E-state index in [9.17, 15) is 0 Å². The molecular weight excluding hydrogens is 222 g/mol. The Kier molecular flexibility index (Phi) is 7.87. The van der Waals surface area contributed by atoms with E-state index in [0.717, 1.165) is 12.1 Å². The molecule has 1 N–H and O–H groups in total. The lowest BCUT2D eigenvalue weighted by molar-refractivity contribution is 0.196. The normalized spacial score (nSPS) is 24.3. The van der Waals surface area contributed by atoms with Crippen LogP contribution in [0.15, 0.2) is 0 Å². The van der Waals surface area contributed by atoms with Crippen molar-refractivity contribution in [1.29, 1.82) is 0 Å². The van der Waals surface area contributed by atoms with E-state index in [2.05, 4.69) is 43.1 Å². The molecule has 0 saturated heterocycles. The first-order chi connectivity index (χ1) is 8.67. The van der Waals surface area contributed by atoms with E-state index in [0.29, 0.717) is 0 Å². The Bertz CT molecular complexity index is 206. The standard InChI is InChI=1S/C15H33N3/c1-5-10-16-14-8-9-15(13-14)18(6-2)12-7-11-17(3)4/h14-16H,5-13H2,1-4H3. The Morgan fingerprint density at radius 3 is 2.50 bits per heavy atom. The van der Waals surface area contributed by atoms with Gasteiger partial charge in [0.15, 0.2) is 0 Å². The number of nitrogens with one attached hydrogen (secondary N) is 1. The zero-order valence-corrected chi connectivity index (χ0v) is 12.9. The Morgan fingerprint density at radius 2 is 1.89 bits per heavy atom. The molecule has 0 bridgehead atoms. The zero-order chi connectivity index (χ0) is 13.4. The quantitative estimate of drug-likeness (QED) is 0.681. The Morgan fingerprint density at radius 1 is 1.11 bits per heavy atom. The van der Waals surface area contributed by atoms with Gasteiger partial charge in [0.25, 0.3) is 0 Å². The largest absolute Gasteiger partial charge is 0.314 e. The lowest BCUT2D eigenvalue weighted by Gasteiger charge is -2.28. The topological polar surface area (TPSA) is 18.5 Å². The van der Waals surface area contributed by atoms with E-state index in [1.165, 1.54) is 58.3 Å². The Labute approximate surface area is 114 Å². The maximum absolute atomic E-state index is 3.68. The molecule has 0 spiro atoms. The summed E-state index contributed by atoms with van der Waals surface area (Å²) in [5, 5.41) is 3.68. The van der Waals surface area contributed by atoms with Gasteiger partial charge in [0.05, 0.1) is 0 Å². The van der Waals surface area contributed by atoms with Crippen molar-refractivity contribution in [1.82, 2.24) is 15.1 Å². The van der Waals surface area contributed by atoms with Crippen LogP contribution in [0.25, 0.3) is 0 Å². The van der Waals surface area contributed by atoms with Crippen molar-refractivity contribution in [3.05, 3.63) is 0 Å². The van der Waals surface area contributed by atoms with Crippen molar-refractivity contribution >= 4 is 0 Å². The van der Waals surface area contributed by atoms with Crippen LogP contribution in [0.1, 0.15) is 46.0 Å². The van der Waals surface area contributed by atoms with Crippen LogP contribution in [0.2, 0.25) is 0 Å². The number of nitrogens with zero attached hydrogens (tertiary/aromatic N) is 2. The molecular formula is C15H33N3. The molecule has 1 saturated carbocycles. The van der Waals surface area contributed by atoms with Crippen molar-refractivity contribution in [2.45, 2.75) is 58.0 Å². The van der Waals surface area contributed by atoms with E-state index in [1.54, 1.807) is 0 Å². The van der Waals surface area contributed by atoms with Crippen LogP contribution < -0.4 is 5.32 Å². The molecule has 108 valence electrons. The van der Waals surface area contributed by atoms with E-state index in [4.69, 9.17) is 0 Å². The minimum atomic E-state index is 0.776. The van der Waals surface area contributed by atoms with E-state index < -0.39 is 0 Å². The van der Waals surface area contributed by atoms with Gasteiger partial charge in [0, 0.05) is 12.1 Å². The third-order valence-corrected chi connectivity index (χ3v) is 4.06. The summed E-state index contributed by atoms with van der Waals surface area (Å²) in [6.07, 6.45) is 6.66. The maximum atomic E-state index is 3.68. The average Bonchev–Trinajstić information content (AvgIpc) is 2.80. The first-order valence-corrected chi connectivity index (χ1v) is 7.79. The summed E-state index contributed by atoms with van der Waals surface area (Å²) in [5.41, 5.74) is 0. The van der Waals surface area contributed by atoms with E-state index in [1.807, 2.05) is 0 Å². The van der Waals surface area contributed by atoms with Gasteiger partial charge in [-0.3, -0.25) is 0 Å². The van der Waals surface area contributed by atoms with Crippen LogP contribution in [0.5, 0.6) is 0 Å². The first kappa shape index (κ1) is 15.9. The lowest BCUT2D eigenvalue weighted by atomic mass is 10.2. The van der Waals surface area contributed by atoms with Crippen molar-refractivity contribution in [2.24, 2.45) is 0 Å². The fourth-order valence-corrected chi connectivity index (χ4v) is 3.01. The second-order valence-corrected chi connectivity index (χ2v) is 5.90. The highest BCUT2D eigenvalue weighted by atomic mass is 15.2. The number of hydrogen-bond donors (Lipinski definition) is 1. The van der Waals surface area contributed by atoms with E-state index >= 15 is 0 Å². The summed E-state index contributed by atoms with van der Waals surface area (Å²) in [6.45, 7) is 9.42. The van der Waals surface area contributed by atoms with Crippen LogP contribution in [0.3, 0.4) is 0 Å². The predicted octanol–water partition coefficient (Wildman–Crippen LogP) is 2.18. The Hall–Kier alpha value is -0.120. The van der Waals surface area contributed by atoms with Crippen molar-refractivity contribution in [3.8, 4) is 0 Å². The summed E-state index contributed by atoms with van der Waals surface area (Å²) in [6, 6.07) is 1.60. The second kappa shape index (κ2) is 8.89. The Balaban J connectivity index is 2.24. The molecule has 3 heteroatoms. The molecule has 0 amide bonds. The molecule has 1 fully saturated rings. The van der Waals surface area contributed by atoms with Gasteiger partial charge in [0.2, 0.25) is 0 Å². The van der Waals surface area contributed by atoms with Crippen LogP contribution in [0, 0.1) is 0 Å². The van der Waals surface area contributed by atoms with Gasteiger partial charge in [-0.15, -0.1) is 0 Å². The molecule has 0 radical (unpaired) electrons. The number of hydrogen-bond acceptors (Lipinski definition) is 3. The summed E-state index contributed by atoms with van der Waals surface area (Å²) in [4.78, 5) is 4.98. The molecule has 0 aromatic rings. The highest BCUT2D eigenvalue weighted by molar-refractivity contribution is 4.86. The summed E-state index contributed by atoms with van der Waals surface area (Å²) in [5.74, 6) is 0. The molecule has 1 aliphatic rings. The molecule has 0 heterocycles. The third-order valence-electron chi connectivity index (χ3n) is 4.06. The fourth-order valence-electron chi connectivity index (χ4n) is 3.01. The van der Waals surface area contributed by atoms with Crippen LogP contribution in [0.4, 0.5) is 0 Å². The molecule has 2 unspecified atom stereocenters. The van der Waals surface area contributed by atoms with Crippen LogP contribution >= 0.6 is 0 Å². The summed E-state index contributed by atoms with van der Waals surface area (Å²) < 4.78 is 0. The molecule has 2 atom stereocenters. The third kappa shape index (κ3) is 5.68. The van der Waals surface area contributed by atoms with Gasteiger partial charge in [-0.1, -0.05) is 13.8 Å². The highest BCUT2D eigenvalue weighted by Gasteiger charge is 2.27. The SMILES string of the molecule is CCCNC1CCC(N(CC)CCCN(C)C)C1. The minimum Gasteiger partial charge on any atom is -0.314 e. The van der Waals surface area contributed by atoms with Gasteiger partial charge < -0.3 is 15.1 Å². The van der Waals surface area contributed by atoms with Crippen molar-refractivity contribution in [3.63, 3.8) is 0 Å². The van der Waals surface area contributed by atoms with Crippen molar-refractivity contribution in [2.75, 3.05) is 40.3 Å². The molecule has 0 aromatic heterocycles. The summed E-state index contributed by atoms with van der Waals surface area (Å²) >= 11 is 0. The highest BCUT2D eigenvalue weighted by Crippen LogP contribution is 2.24. The van der Waals surface area contributed by atoms with Gasteiger partial charge in [-0.05, 0) is 72.4 Å². The number of rotatable bonds is 9. The zero-order valence-electron chi connectivity index (χ0n) is 12.9. The van der Waals surface area contributed by atoms with Gasteiger partial charge in [-0.25, -0.2) is 0 Å². The first-order valence-electron chi connectivity index (χ1n) is 7.79. The van der Waals surface area contributed by atoms with E-state index in [-0.39, 0.29) is 0 Å². The van der Waals surface area contributed by atoms with Gasteiger partial charge in [0.1, 0.15) is 0 Å². The molecule has 1 aliphatic carbocycles. The average molecular weight is 255 g/mol. The lowest BCUT2D eigenvalue weighted by Crippen LogP contribution is -2.37. The van der Waals surface area contributed by atoms with Crippen LogP contribution in [-0.4, -0.2) is 62.2 Å². The monoisotopic (exact) mass is 255 g/mol. The molecule has 18 heavy (non-hydrogen) atoms. The molecule has 1 rings (SSSR count). The van der Waals surface area contributed by atoms with Gasteiger partial charge >= 0.3 is 0 Å². The molecule has 3 nitrogen and oxygen atoms in total. The minimum absolute atomic E-state index is 0.776.